The molecule has 0 saturated carbocycles. The molecule has 0 aromatic heterocycles. The lowest BCUT2D eigenvalue weighted by Gasteiger charge is -2.08. The lowest BCUT2D eigenvalue weighted by atomic mass is 10.2. The summed E-state index contributed by atoms with van der Waals surface area (Å²) in [6.07, 6.45) is 2.56. The van der Waals surface area contributed by atoms with Crippen molar-refractivity contribution in [1.82, 2.24) is 5.32 Å². The highest BCUT2D eigenvalue weighted by atomic mass is 16.5. The van der Waals surface area contributed by atoms with Gasteiger partial charge in [-0.2, -0.15) is 0 Å². The van der Waals surface area contributed by atoms with E-state index < -0.39 is 18.0 Å². The summed E-state index contributed by atoms with van der Waals surface area (Å²) in [5.74, 6) is -0.983. The second kappa shape index (κ2) is 8.87. The van der Waals surface area contributed by atoms with Crippen LogP contribution in [0.2, 0.25) is 0 Å². The standard InChI is InChI=1S/C10H18N2O4/c1-16-10(15)3-2-9(14)12-7-5-8(13)4-6-11/h2-3,8,13H,4-7,11H2,1H3,(H,12,14)/b3-2+. The summed E-state index contributed by atoms with van der Waals surface area (Å²) in [4.78, 5) is 21.7. The molecule has 4 N–H and O–H groups in total. The predicted octanol–water partition coefficient (Wildman–Crippen LogP) is -1.07. The number of nitrogens with two attached hydrogens (primary N) is 1. The molecular formula is C10H18N2O4. The minimum Gasteiger partial charge on any atom is -0.466 e. The predicted molar refractivity (Wildman–Crippen MR) is 58.5 cm³/mol. The second-order valence-corrected chi connectivity index (χ2v) is 3.17. The van der Waals surface area contributed by atoms with Crippen molar-refractivity contribution in [2.75, 3.05) is 20.2 Å². The van der Waals surface area contributed by atoms with Gasteiger partial charge in [0.15, 0.2) is 0 Å². The van der Waals surface area contributed by atoms with Crippen molar-refractivity contribution in [1.29, 1.82) is 0 Å². The monoisotopic (exact) mass is 230 g/mol. The first kappa shape index (κ1) is 14.6. The van der Waals surface area contributed by atoms with E-state index in [-0.39, 0.29) is 0 Å². The van der Waals surface area contributed by atoms with Crippen LogP contribution >= 0.6 is 0 Å². The largest absolute Gasteiger partial charge is 0.466 e. The van der Waals surface area contributed by atoms with Gasteiger partial charge < -0.3 is 20.9 Å². The van der Waals surface area contributed by atoms with Crippen molar-refractivity contribution >= 4 is 11.9 Å². The highest BCUT2D eigenvalue weighted by Crippen LogP contribution is 1.94. The van der Waals surface area contributed by atoms with Crippen molar-refractivity contribution in [2.45, 2.75) is 18.9 Å². The number of carbonyl (C=O) groups is 2. The number of nitrogens with one attached hydrogen (secondary N) is 1. The Morgan fingerprint density at radius 1 is 1.44 bits per heavy atom. The SMILES string of the molecule is COC(=O)/C=C/C(=O)NCCC(O)CCN. The maximum absolute atomic E-state index is 11.1. The number of hydrogen-bond donors (Lipinski definition) is 3. The van der Waals surface area contributed by atoms with Crippen molar-refractivity contribution < 1.29 is 19.4 Å². The molecule has 0 aliphatic heterocycles. The Morgan fingerprint density at radius 2 is 2.12 bits per heavy atom. The number of aliphatic hydroxyl groups excluding tert-OH is 1. The summed E-state index contributed by atoms with van der Waals surface area (Å²) < 4.78 is 4.32. The molecule has 1 unspecified atom stereocenters. The maximum atomic E-state index is 11.1. The molecule has 0 rings (SSSR count). The van der Waals surface area contributed by atoms with Gasteiger partial charge in [0, 0.05) is 18.7 Å². The van der Waals surface area contributed by atoms with Crippen LogP contribution in [-0.2, 0) is 14.3 Å². The lowest BCUT2D eigenvalue weighted by Crippen LogP contribution is -2.26. The van der Waals surface area contributed by atoms with Crippen molar-refractivity contribution in [3.8, 4) is 0 Å². The molecule has 0 aromatic carbocycles. The zero-order chi connectivity index (χ0) is 12.4. The Kier molecular flexibility index (Phi) is 8.10. The quantitative estimate of drug-likeness (QED) is 0.382. The normalized spacial score (nSPS) is 12.4. The number of amides is 1. The zero-order valence-electron chi connectivity index (χ0n) is 9.31. The molecule has 0 fully saturated rings. The summed E-state index contributed by atoms with van der Waals surface area (Å²) in [6.45, 7) is 0.753. The van der Waals surface area contributed by atoms with E-state index in [1.54, 1.807) is 0 Å². The van der Waals surface area contributed by atoms with E-state index in [1.807, 2.05) is 0 Å². The Bertz CT molecular complexity index is 253. The molecule has 1 atom stereocenters. The van der Waals surface area contributed by atoms with Gasteiger partial charge in [0.2, 0.25) is 5.91 Å². The van der Waals surface area contributed by atoms with Gasteiger partial charge in [-0.05, 0) is 19.4 Å². The number of hydrogen-bond acceptors (Lipinski definition) is 5. The number of carbonyl (C=O) groups excluding carboxylic acids is 2. The number of rotatable bonds is 7. The Morgan fingerprint density at radius 3 is 2.69 bits per heavy atom. The molecule has 6 heteroatoms. The Hall–Kier alpha value is -1.40. The summed E-state index contributed by atoms with van der Waals surface area (Å²) >= 11 is 0. The molecule has 1 amide bonds. The first-order chi connectivity index (χ1) is 7.60. The molecular weight excluding hydrogens is 212 g/mol. The second-order valence-electron chi connectivity index (χ2n) is 3.17. The third-order valence-corrected chi connectivity index (χ3v) is 1.85. The topological polar surface area (TPSA) is 102 Å². The average Bonchev–Trinajstić information content (AvgIpc) is 2.26. The molecule has 92 valence electrons. The summed E-state index contributed by atoms with van der Waals surface area (Å²) in [5, 5.41) is 11.8. The van der Waals surface area contributed by atoms with Crippen molar-refractivity contribution in [3.05, 3.63) is 12.2 Å². The molecule has 0 radical (unpaired) electrons. The van der Waals surface area contributed by atoms with Gasteiger partial charge in [0.1, 0.15) is 0 Å². The molecule has 0 saturated heterocycles. The molecule has 0 aliphatic carbocycles. The number of ether oxygens (including phenoxy) is 1. The number of methoxy groups -OCH3 is 1. The van der Waals surface area contributed by atoms with E-state index in [9.17, 15) is 14.7 Å². The number of aliphatic hydroxyl groups is 1. The van der Waals surface area contributed by atoms with Gasteiger partial charge >= 0.3 is 5.97 Å². The van der Waals surface area contributed by atoms with Crippen LogP contribution in [-0.4, -0.2) is 43.3 Å². The van der Waals surface area contributed by atoms with Crippen LogP contribution in [0.1, 0.15) is 12.8 Å². The first-order valence-corrected chi connectivity index (χ1v) is 5.02. The van der Waals surface area contributed by atoms with E-state index in [0.717, 1.165) is 12.2 Å². The minimum atomic E-state index is -0.585. The van der Waals surface area contributed by atoms with E-state index in [2.05, 4.69) is 10.1 Å². The third kappa shape index (κ3) is 7.95. The summed E-state index contributed by atoms with van der Waals surface area (Å²) in [7, 11) is 1.23. The van der Waals surface area contributed by atoms with Crippen LogP contribution in [0, 0.1) is 0 Å². The summed E-state index contributed by atoms with van der Waals surface area (Å²) in [6, 6.07) is 0. The fraction of sp³-hybridized carbons (Fsp3) is 0.600. The average molecular weight is 230 g/mol. The van der Waals surface area contributed by atoms with Gasteiger partial charge in [0.25, 0.3) is 0 Å². The smallest absolute Gasteiger partial charge is 0.330 e. The lowest BCUT2D eigenvalue weighted by molar-refractivity contribution is -0.135. The maximum Gasteiger partial charge on any atom is 0.330 e. The molecule has 6 nitrogen and oxygen atoms in total. The molecule has 16 heavy (non-hydrogen) atoms. The van der Waals surface area contributed by atoms with E-state index >= 15 is 0 Å². The van der Waals surface area contributed by atoms with E-state index in [1.165, 1.54) is 7.11 Å². The van der Waals surface area contributed by atoms with Crippen LogP contribution in [0.5, 0.6) is 0 Å². The molecule has 0 aliphatic rings. The van der Waals surface area contributed by atoms with Crippen LogP contribution in [0.25, 0.3) is 0 Å². The van der Waals surface area contributed by atoms with E-state index in [4.69, 9.17) is 5.73 Å². The molecule has 0 bridgehead atoms. The fourth-order valence-electron chi connectivity index (χ4n) is 0.969. The Balaban J connectivity index is 3.66. The van der Waals surface area contributed by atoms with Crippen LogP contribution in [0.3, 0.4) is 0 Å². The van der Waals surface area contributed by atoms with Gasteiger partial charge in [-0.3, -0.25) is 4.79 Å². The van der Waals surface area contributed by atoms with Gasteiger partial charge in [-0.1, -0.05) is 0 Å². The van der Waals surface area contributed by atoms with Crippen LogP contribution in [0.4, 0.5) is 0 Å². The van der Waals surface area contributed by atoms with Crippen molar-refractivity contribution in [2.24, 2.45) is 5.73 Å². The molecule has 0 spiro atoms. The van der Waals surface area contributed by atoms with Gasteiger partial charge in [0.05, 0.1) is 13.2 Å². The Labute approximate surface area is 94.5 Å². The van der Waals surface area contributed by atoms with Crippen LogP contribution < -0.4 is 11.1 Å². The first-order valence-electron chi connectivity index (χ1n) is 5.02. The fourth-order valence-corrected chi connectivity index (χ4v) is 0.969. The van der Waals surface area contributed by atoms with Gasteiger partial charge in [-0.15, -0.1) is 0 Å². The highest BCUT2D eigenvalue weighted by molar-refractivity contribution is 5.94. The van der Waals surface area contributed by atoms with Crippen molar-refractivity contribution in [3.63, 3.8) is 0 Å². The van der Waals surface area contributed by atoms with Crippen LogP contribution in [0.15, 0.2) is 12.2 Å². The highest BCUT2D eigenvalue weighted by Gasteiger charge is 2.03. The molecule has 0 aromatic rings. The molecule has 0 heterocycles. The van der Waals surface area contributed by atoms with Gasteiger partial charge in [-0.25, -0.2) is 4.79 Å². The third-order valence-electron chi connectivity index (χ3n) is 1.85. The number of esters is 1. The van der Waals surface area contributed by atoms with E-state index in [0.29, 0.717) is 25.9 Å². The minimum absolute atomic E-state index is 0.339. The zero-order valence-corrected chi connectivity index (χ0v) is 9.31. The summed E-state index contributed by atoms with van der Waals surface area (Å²) in [5.41, 5.74) is 5.25.